The van der Waals surface area contributed by atoms with Crippen LogP contribution in [0.5, 0.6) is 0 Å². The van der Waals surface area contributed by atoms with Crippen LogP contribution in [-0.4, -0.2) is 4.98 Å². The quantitative estimate of drug-likeness (QED) is 0.500. The molecule has 0 bridgehead atoms. The number of nitrogens with one attached hydrogen (secondary N) is 1. The van der Waals surface area contributed by atoms with E-state index in [0.717, 1.165) is 0 Å². The highest BCUT2D eigenvalue weighted by molar-refractivity contribution is 5.59. The van der Waals surface area contributed by atoms with Crippen molar-refractivity contribution in [3.8, 4) is 0 Å². The van der Waals surface area contributed by atoms with Gasteiger partial charge in [0.1, 0.15) is 11.6 Å². The van der Waals surface area contributed by atoms with Crippen molar-refractivity contribution < 1.29 is 8.78 Å². The van der Waals surface area contributed by atoms with E-state index in [-0.39, 0.29) is 5.56 Å². The van der Waals surface area contributed by atoms with Crippen LogP contribution in [0, 0.1) is 11.6 Å². The minimum Gasteiger partial charge on any atom is -0.329 e. The lowest BCUT2D eigenvalue weighted by atomic mass is 9.65. The molecule has 0 aliphatic rings. The Labute approximate surface area is 161 Å². The van der Waals surface area contributed by atoms with Gasteiger partial charge < -0.3 is 4.98 Å². The van der Waals surface area contributed by atoms with Crippen LogP contribution in [0.2, 0.25) is 0 Å². The van der Waals surface area contributed by atoms with E-state index in [9.17, 15) is 4.79 Å². The highest BCUT2D eigenvalue weighted by Crippen LogP contribution is 2.46. The molecule has 0 atom stereocenters. The third-order valence-corrected chi connectivity index (χ3v) is 4.98. The van der Waals surface area contributed by atoms with Gasteiger partial charge in [-0.15, -0.1) is 0 Å². The van der Waals surface area contributed by atoms with E-state index in [2.05, 4.69) is 4.98 Å². The van der Waals surface area contributed by atoms with Crippen molar-refractivity contribution in [2.24, 2.45) is 0 Å². The summed E-state index contributed by atoms with van der Waals surface area (Å²) < 4.78 is 30.3. The van der Waals surface area contributed by atoms with Crippen LogP contribution < -0.4 is 5.56 Å². The van der Waals surface area contributed by atoms with Gasteiger partial charge in [0.05, 0.1) is 5.41 Å². The summed E-state index contributed by atoms with van der Waals surface area (Å²) in [5.74, 6) is -0.915. The molecule has 1 N–H and O–H groups in total. The zero-order valence-electron chi connectivity index (χ0n) is 14.9. The topological polar surface area (TPSA) is 32.9 Å². The zero-order chi connectivity index (χ0) is 19.6. The standard InChI is InChI=1S/C24H17F2NO/c25-21-12-6-4-10-19(21)24(17-8-2-1-3-9-17,18-14-15-23(28)27-16-18)20-11-5-7-13-22(20)26/h1-16H,(H,27,28). The molecule has 0 saturated carbocycles. The Morgan fingerprint density at radius 2 is 1.14 bits per heavy atom. The van der Waals surface area contributed by atoms with E-state index in [1.54, 1.807) is 42.5 Å². The summed E-state index contributed by atoms with van der Waals surface area (Å²) in [6, 6.07) is 24.8. The first-order chi connectivity index (χ1) is 13.6. The summed E-state index contributed by atoms with van der Waals surface area (Å²) in [6.45, 7) is 0. The van der Waals surface area contributed by atoms with Crippen LogP contribution in [0.3, 0.4) is 0 Å². The van der Waals surface area contributed by atoms with Gasteiger partial charge in [-0.05, 0) is 23.3 Å². The van der Waals surface area contributed by atoms with Crippen LogP contribution in [0.4, 0.5) is 8.78 Å². The number of benzene rings is 3. The van der Waals surface area contributed by atoms with Crippen LogP contribution in [0.1, 0.15) is 22.3 Å². The van der Waals surface area contributed by atoms with Gasteiger partial charge in [0.15, 0.2) is 0 Å². The van der Waals surface area contributed by atoms with Crippen LogP contribution >= 0.6 is 0 Å². The van der Waals surface area contributed by atoms with Gasteiger partial charge in [-0.1, -0.05) is 72.8 Å². The number of aromatic amines is 1. The maximum absolute atomic E-state index is 15.2. The predicted molar refractivity (Wildman–Crippen MR) is 105 cm³/mol. The van der Waals surface area contributed by atoms with E-state index in [4.69, 9.17) is 0 Å². The zero-order valence-corrected chi connectivity index (χ0v) is 14.9. The first-order valence-electron chi connectivity index (χ1n) is 8.89. The van der Waals surface area contributed by atoms with Crippen LogP contribution in [0.15, 0.2) is 102 Å². The lowest BCUT2D eigenvalue weighted by Crippen LogP contribution is -2.33. The number of hydrogen-bond donors (Lipinski definition) is 1. The van der Waals surface area contributed by atoms with Crippen molar-refractivity contribution in [2.45, 2.75) is 5.41 Å². The molecular weight excluding hydrogens is 356 g/mol. The maximum Gasteiger partial charge on any atom is 0.247 e. The van der Waals surface area contributed by atoms with E-state index in [1.807, 2.05) is 30.3 Å². The Morgan fingerprint density at radius 1 is 0.607 bits per heavy atom. The number of halogens is 2. The van der Waals surface area contributed by atoms with Gasteiger partial charge in [-0.3, -0.25) is 4.79 Å². The van der Waals surface area contributed by atoms with E-state index in [1.165, 1.54) is 24.4 Å². The van der Waals surface area contributed by atoms with Gasteiger partial charge >= 0.3 is 0 Å². The fourth-order valence-electron chi connectivity index (χ4n) is 3.80. The molecule has 2 nitrogen and oxygen atoms in total. The molecule has 4 aromatic rings. The minimum atomic E-state index is -1.28. The molecule has 0 fully saturated rings. The SMILES string of the molecule is O=c1ccc(C(c2ccccc2)(c2ccccc2F)c2ccccc2F)c[nH]1. The number of rotatable bonds is 4. The molecule has 138 valence electrons. The predicted octanol–water partition coefficient (Wildman–Crippen LogP) is 5.04. The number of pyridine rings is 1. The van der Waals surface area contributed by atoms with E-state index >= 15 is 8.78 Å². The molecule has 3 aromatic carbocycles. The molecule has 0 spiro atoms. The van der Waals surface area contributed by atoms with E-state index < -0.39 is 17.0 Å². The lowest BCUT2D eigenvalue weighted by Gasteiger charge is -2.36. The molecule has 0 aliphatic carbocycles. The third-order valence-electron chi connectivity index (χ3n) is 4.98. The Morgan fingerprint density at radius 3 is 1.64 bits per heavy atom. The average molecular weight is 373 g/mol. The molecular formula is C24H17F2NO. The van der Waals surface area contributed by atoms with Crippen molar-refractivity contribution in [1.29, 1.82) is 0 Å². The second kappa shape index (κ2) is 7.24. The average Bonchev–Trinajstić information content (AvgIpc) is 2.73. The van der Waals surface area contributed by atoms with Crippen LogP contribution in [0.25, 0.3) is 0 Å². The summed E-state index contributed by atoms with van der Waals surface area (Å²) >= 11 is 0. The van der Waals surface area contributed by atoms with Gasteiger partial charge in [0.25, 0.3) is 0 Å². The molecule has 0 amide bonds. The fourth-order valence-corrected chi connectivity index (χ4v) is 3.80. The smallest absolute Gasteiger partial charge is 0.247 e. The molecule has 1 aromatic heterocycles. The number of H-pyrrole nitrogens is 1. The van der Waals surface area contributed by atoms with Gasteiger partial charge in [-0.25, -0.2) is 8.78 Å². The highest BCUT2D eigenvalue weighted by Gasteiger charge is 2.42. The summed E-state index contributed by atoms with van der Waals surface area (Å²) in [5.41, 5.74) is 0.303. The molecule has 0 radical (unpaired) electrons. The Balaban J connectivity index is 2.21. The van der Waals surface area contributed by atoms with Gasteiger partial charge in [0, 0.05) is 23.4 Å². The third kappa shape index (κ3) is 2.83. The molecule has 0 saturated heterocycles. The molecule has 4 rings (SSSR count). The number of aromatic nitrogens is 1. The van der Waals surface area contributed by atoms with Crippen molar-refractivity contribution in [3.05, 3.63) is 141 Å². The first kappa shape index (κ1) is 17.9. The van der Waals surface area contributed by atoms with Crippen molar-refractivity contribution in [2.75, 3.05) is 0 Å². The Hall–Kier alpha value is -3.53. The Kier molecular flexibility index (Phi) is 4.62. The summed E-state index contributed by atoms with van der Waals surface area (Å²) in [4.78, 5) is 14.3. The van der Waals surface area contributed by atoms with Crippen molar-refractivity contribution in [3.63, 3.8) is 0 Å². The first-order valence-corrected chi connectivity index (χ1v) is 8.89. The normalized spacial score (nSPS) is 11.4. The molecule has 1 heterocycles. The van der Waals surface area contributed by atoms with E-state index in [0.29, 0.717) is 22.3 Å². The largest absolute Gasteiger partial charge is 0.329 e. The second-order valence-corrected chi connectivity index (χ2v) is 6.52. The van der Waals surface area contributed by atoms with Crippen molar-refractivity contribution in [1.82, 2.24) is 4.98 Å². The summed E-state index contributed by atoms with van der Waals surface area (Å²) in [5, 5.41) is 0. The molecule has 4 heteroatoms. The fraction of sp³-hybridized carbons (Fsp3) is 0.0417. The van der Waals surface area contributed by atoms with Gasteiger partial charge in [-0.2, -0.15) is 0 Å². The lowest BCUT2D eigenvalue weighted by molar-refractivity contribution is 0.549. The monoisotopic (exact) mass is 373 g/mol. The maximum atomic E-state index is 15.2. The summed E-state index contributed by atoms with van der Waals surface area (Å²) in [6.07, 6.45) is 1.52. The Bertz CT molecular complexity index is 1100. The number of hydrogen-bond acceptors (Lipinski definition) is 1. The van der Waals surface area contributed by atoms with Gasteiger partial charge in [0.2, 0.25) is 5.56 Å². The molecule has 28 heavy (non-hydrogen) atoms. The highest BCUT2D eigenvalue weighted by atomic mass is 19.1. The van der Waals surface area contributed by atoms with Crippen LogP contribution in [-0.2, 0) is 5.41 Å². The van der Waals surface area contributed by atoms with Crippen molar-refractivity contribution >= 4 is 0 Å². The summed E-state index contributed by atoms with van der Waals surface area (Å²) in [7, 11) is 0. The second-order valence-electron chi connectivity index (χ2n) is 6.52. The molecule has 0 unspecified atom stereocenters. The minimum absolute atomic E-state index is 0.284. The molecule has 0 aliphatic heterocycles.